The molecule has 8 nitrogen and oxygen atoms in total. The predicted octanol–water partition coefficient (Wildman–Crippen LogP) is -0.731. The summed E-state index contributed by atoms with van der Waals surface area (Å²) in [7, 11) is 0. The van der Waals surface area contributed by atoms with Crippen LogP contribution in [0.5, 0.6) is 0 Å². The van der Waals surface area contributed by atoms with Gasteiger partial charge in [0.2, 0.25) is 11.8 Å². The van der Waals surface area contributed by atoms with Crippen molar-refractivity contribution in [3.05, 3.63) is 29.3 Å². The number of benzene rings is 1. The normalized spacial score (nSPS) is 24.1. The number of carbonyl (C=O) groups is 4. The summed E-state index contributed by atoms with van der Waals surface area (Å²) in [5, 5.41) is 11.6. The minimum atomic E-state index is -0.954. The fourth-order valence-corrected chi connectivity index (χ4v) is 3.32. The molecule has 4 amide bonds. The third-order valence-electron chi connectivity index (χ3n) is 4.65. The Morgan fingerprint density at radius 2 is 1.75 bits per heavy atom. The number of aliphatic hydroxyl groups is 1. The summed E-state index contributed by atoms with van der Waals surface area (Å²) in [6.45, 7) is 0.968. The summed E-state index contributed by atoms with van der Waals surface area (Å²) in [6, 6.07) is 3.96. The monoisotopic (exact) mass is 329 g/mol. The van der Waals surface area contributed by atoms with E-state index >= 15 is 0 Å². The van der Waals surface area contributed by atoms with E-state index in [-0.39, 0.29) is 30.1 Å². The summed E-state index contributed by atoms with van der Waals surface area (Å²) in [6.07, 6.45) is -0.141. The van der Waals surface area contributed by atoms with Crippen molar-refractivity contribution in [2.75, 3.05) is 18.0 Å². The first-order valence-electron chi connectivity index (χ1n) is 7.74. The Morgan fingerprint density at radius 1 is 1.04 bits per heavy atom. The van der Waals surface area contributed by atoms with Gasteiger partial charge in [-0.2, -0.15) is 0 Å². The van der Waals surface area contributed by atoms with Gasteiger partial charge < -0.3 is 10.0 Å². The number of piperidine rings is 1. The van der Waals surface area contributed by atoms with Gasteiger partial charge in [-0.15, -0.1) is 0 Å². The van der Waals surface area contributed by atoms with E-state index in [1.54, 1.807) is 18.2 Å². The molecule has 0 radical (unpaired) electrons. The molecule has 24 heavy (non-hydrogen) atoms. The average molecular weight is 329 g/mol. The highest BCUT2D eigenvalue weighted by atomic mass is 16.3. The summed E-state index contributed by atoms with van der Waals surface area (Å²) in [4.78, 5) is 51.3. The molecule has 124 valence electrons. The van der Waals surface area contributed by atoms with Gasteiger partial charge in [0.1, 0.15) is 6.04 Å². The average Bonchev–Trinajstić information content (AvgIpc) is 2.76. The topological polar surface area (TPSA) is 107 Å². The second-order valence-corrected chi connectivity index (χ2v) is 6.24. The molecule has 0 aliphatic carbocycles. The van der Waals surface area contributed by atoms with E-state index in [1.807, 2.05) is 4.90 Å². The standard InChI is InChI=1S/C16H15N3O5/c20-9-6-18(7-9)8-1-2-10-11(5-8)16(24)19(15(10)23)12-3-4-13(21)17-14(12)22/h1-2,5,9,12,20H,3-4,6-7H2,(H,17,21,22). The molecule has 0 aromatic heterocycles. The van der Waals surface area contributed by atoms with Crippen molar-refractivity contribution in [2.45, 2.75) is 25.0 Å². The maximum atomic E-state index is 12.7. The third-order valence-corrected chi connectivity index (χ3v) is 4.65. The minimum Gasteiger partial charge on any atom is -0.389 e. The van der Waals surface area contributed by atoms with Crippen LogP contribution in [0.2, 0.25) is 0 Å². The number of aliphatic hydroxyl groups excluding tert-OH is 1. The molecule has 0 spiro atoms. The molecule has 2 saturated heterocycles. The first kappa shape index (κ1) is 14.8. The van der Waals surface area contributed by atoms with Gasteiger partial charge in [-0.1, -0.05) is 0 Å². The Morgan fingerprint density at radius 3 is 2.42 bits per heavy atom. The first-order valence-corrected chi connectivity index (χ1v) is 7.74. The van der Waals surface area contributed by atoms with Gasteiger partial charge >= 0.3 is 0 Å². The van der Waals surface area contributed by atoms with Crippen LogP contribution in [0, 0.1) is 0 Å². The fraction of sp³-hybridized carbons (Fsp3) is 0.375. The van der Waals surface area contributed by atoms with Crippen LogP contribution >= 0.6 is 0 Å². The summed E-state index contributed by atoms with van der Waals surface area (Å²) >= 11 is 0. The zero-order chi connectivity index (χ0) is 17.0. The number of β-amino-alcohol motifs (C(OH)–C–C–N with tert-alkyl or cyclic N) is 1. The number of anilines is 1. The van der Waals surface area contributed by atoms with Crippen LogP contribution in [0.4, 0.5) is 5.69 Å². The lowest BCUT2D eigenvalue weighted by atomic mass is 10.0. The van der Waals surface area contributed by atoms with E-state index < -0.39 is 29.7 Å². The quantitative estimate of drug-likeness (QED) is 0.693. The molecular formula is C16H15N3O5. The Hall–Kier alpha value is -2.74. The molecule has 4 rings (SSSR count). The van der Waals surface area contributed by atoms with Crippen LogP contribution in [0.3, 0.4) is 0 Å². The van der Waals surface area contributed by atoms with E-state index in [2.05, 4.69) is 5.32 Å². The second-order valence-electron chi connectivity index (χ2n) is 6.24. The zero-order valence-electron chi connectivity index (χ0n) is 12.7. The Labute approximate surface area is 137 Å². The number of hydrogen-bond acceptors (Lipinski definition) is 6. The van der Waals surface area contributed by atoms with Crippen molar-refractivity contribution in [3.8, 4) is 0 Å². The van der Waals surface area contributed by atoms with Crippen LogP contribution in [-0.2, 0) is 9.59 Å². The maximum absolute atomic E-state index is 12.7. The Balaban J connectivity index is 1.63. The number of nitrogens with zero attached hydrogens (tertiary/aromatic N) is 2. The molecule has 1 aromatic rings. The number of nitrogens with one attached hydrogen (secondary N) is 1. The summed E-state index contributed by atoms with van der Waals surface area (Å²) in [5.74, 6) is -2.05. The van der Waals surface area contributed by atoms with Gasteiger partial charge in [0.25, 0.3) is 11.8 Å². The first-order chi connectivity index (χ1) is 11.5. The molecule has 0 bridgehead atoms. The number of amides is 4. The van der Waals surface area contributed by atoms with Crippen LogP contribution < -0.4 is 10.2 Å². The fourth-order valence-electron chi connectivity index (χ4n) is 3.32. The maximum Gasteiger partial charge on any atom is 0.262 e. The molecule has 8 heteroatoms. The highest BCUT2D eigenvalue weighted by Crippen LogP contribution is 2.31. The summed E-state index contributed by atoms with van der Waals surface area (Å²) in [5.41, 5.74) is 1.27. The van der Waals surface area contributed by atoms with Crippen LogP contribution in [-0.4, -0.2) is 58.9 Å². The SMILES string of the molecule is O=C1CCC(N2C(=O)c3ccc(N4CC(O)C4)cc3C2=O)C(=O)N1. The molecule has 0 saturated carbocycles. The molecule has 1 aromatic carbocycles. The molecular weight excluding hydrogens is 314 g/mol. The number of carbonyl (C=O) groups excluding carboxylic acids is 4. The number of fused-ring (bicyclic) bond motifs is 1. The van der Waals surface area contributed by atoms with Gasteiger partial charge in [0.15, 0.2) is 0 Å². The lowest BCUT2D eigenvalue weighted by Crippen LogP contribution is -2.54. The van der Waals surface area contributed by atoms with Crippen LogP contribution in [0.15, 0.2) is 18.2 Å². The van der Waals surface area contributed by atoms with E-state index in [9.17, 15) is 24.3 Å². The van der Waals surface area contributed by atoms with Crippen molar-refractivity contribution in [1.29, 1.82) is 0 Å². The van der Waals surface area contributed by atoms with E-state index in [4.69, 9.17) is 0 Å². The van der Waals surface area contributed by atoms with Crippen molar-refractivity contribution < 1.29 is 24.3 Å². The largest absolute Gasteiger partial charge is 0.389 e. The Kier molecular flexibility index (Phi) is 3.17. The second kappa shape index (κ2) is 5.13. The predicted molar refractivity (Wildman–Crippen MR) is 81.3 cm³/mol. The van der Waals surface area contributed by atoms with Gasteiger partial charge in [0.05, 0.1) is 17.2 Å². The van der Waals surface area contributed by atoms with Gasteiger partial charge in [-0.3, -0.25) is 29.4 Å². The molecule has 3 heterocycles. The van der Waals surface area contributed by atoms with Crippen molar-refractivity contribution in [1.82, 2.24) is 10.2 Å². The van der Waals surface area contributed by atoms with Crippen LogP contribution in [0.25, 0.3) is 0 Å². The van der Waals surface area contributed by atoms with Crippen molar-refractivity contribution in [2.24, 2.45) is 0 Å². The highest BCUT2D eigenvalue weighted by Gasteiger charge is 2.44. The lowest BCUT2D eigenvalue weighted by Gasteiger charge is -2.38. The number of rotatable bonds is 2. The number of hydrogen-bond donors (Lipinski definition) is 2. The molecule has 3 aliphatic rings. The smallest absolute Gasteiger partial charge is 0.262 e. The minimum absolute atomic E-state index is 0.0979. The van der Waals surface area contributed by atoms with Crippen molar-refractivity contribution in [3.63, 3.8) is 0 Å². The third kappa shape index (κ3) is 2.10. The van der Waals surface area contributed by atoms with Crippen LogP contribution in [0.1, 0.15) is 33.6 Å². The molecule has 1 atom stereocenters. The van der Waals surface area contributed by atoms with Crippen molar-refractivity contribution >= 4 is 29.3 Å². The van der Waals surface area contributed by atoms with E-state index in [1.165, 1.54) is 0 Å². The molecule has 3 aliphatic heterocycles. The van der Waals surface area contributed by atoms with Gasteiger partial charge in [-0.25, -0.2) is 0 Å². The van der Waals surface area contributed by atoms with E-state index in [0.29, 0.717) is 13.1 Å². The molecule has 1 unspecified atom stereocenters. The lowest BCUT2D eigenvalue weighted by molar-refractivity contribution is -0.136. The van der Waals surface area contributed by atoms with Gasteiger partial charge in [-0.05, 0) is 24.6 Å². The molecule has 2 N–H and O–H groups in total. The Bertz CT molecular complexity index is 784. The number of imide groups is 2. The van der Waals surface area contributed by atoms with Gasteiger partial charge in [0, 0.05) is 25.2 Å². The zero-order valence-corrected chi connectivity index (χ0v) is 12.7. The molecule has 2 fully saturated rings. The summed E-state index contributed by atoms with van der Waals surface area (Å²) < 4.78 is 0. The van der Waals surface area contributed by atoms with E-state index in [0.717, 1.165) is 10.6 Å². The highest BCUT2D eigenvalue weighted by molar-refractivity contribution is 6.23.